The van der Waals surface area contributed by atoms with Crippen molar-refractivity contribution in [3.63, 3.8) is 0 Å². The van der Waals surface area contributed by atoms with Crippen LogP contribution in [0.1, 0.15) is 0 Å². The molecule has 23 heavy (non-hydrogen) atoms. The summed E-state index contributed by atoms with van der Waals surface area (Å²) in [5, 5.41) is 5.59. The second-order valence-corrected chi connectivity index (χ2v) is 6.82. The number of fused-ring (bicyclic) bond motifs is 1. The molecule has 0 unspecified atom stereocenters. The van der Waals surface area contributed by atoms with Crippen molar-refractivity contribution in [2.24, 2.45) is 5.11 Å². The summed E-state index contributed by atoms with van der Waals surface area (Å²) in [5.41, 5.74) is 10.2. The molecule has 5 nitrogen and oxygen atoms in total. The number of benzene rings is 1. The molecule has 4 rings (SSSR count). The molecule has 0 bridgehead atoms. The highest BCUT2D eigenvalue weighted by molar-refractivity contribution is 7.23. The molecule has 2 aromatic heterocycles. The molecule has 0 saturated carbocycles. The van der Waals surface area contributed by atoms with E-state index in [1.807, 2.05) is 29.6 Å². The first-order valence-electron chi connectivity index (χ1n) is 6.98. The van der Waals surface area contributed by atoms with Gasteiger partial charge in [0.1, 0.15) is 13.2 Å². The molecule has 0 radical (unpaired) electrons. The van der Waals surface area contributed by atoms with Crippen molar-refractivity contribution in [3.05, 3.63) is 52.2 Å². The SMILES string of the molecule is [N-]=[N+]=Nc1ccc(-c2ccc(-c3scc4c3OCCO4)s2)cc1. The van der Waals surface area contributed by atoms with Crippen molar-refractivity contribution in [2.75, 3.05) is 13.2 Å². The van der Waals surface area contributed by atoms with Crippen LogP contribution in [-0.4, -0.2) is 13.2 Å². The molecule has 0 amide bonds. The smallest absolute Gasteiger partial charge is 0.180 e. The van der Waals surface area contributed by atoms with Gasteiger partial charge < -0.3 is 9.47 Å². The van der Waals surface area contributed by atoms with Gasteiger partial charge in [0.05, 0.1) is 4.88 Å². The van der Waals surface area contributed by atoms with E-state index in [0.29, 0.717) is 18.9 Å². The second-order valence-electron chi connectivity index (χ2n) is 4.86. The molecule has 0 fully saturated rings. The predicted molar refractivity (Wildman–Crippen MR) is 92.9 cm³/mol. The largest absolute Gasteiger partial charge is 0.485 e. The van der Waals surface area contributed by atoms with Crippen LogP contribution < -0.4 is 9.47 Å². The summed E-state index contributed by atoms with van der Waals surface area (Å²) in [6, 6.07) is 11.8. The molecule has 114 valence electrons. The fraction of sp³-hybridized carbons (Fsp3) is 0.125. The van der Waals surface area contributed by atoms with Gasteiger partial charge in [-0.3, -0.25) is 0 Å². The molecule has 1 aliphatic heterocycles. The van der Waals surface area contributed by atoms with E-state index >= 15 is 0 Å². The Morgan fingerprint density at radius 1 is 1.00 bits per heavy atom. The lowest BCUT2D eigenvalue weighted by Crippen LogP contribution is -2.14. The van der Waals surface area contributed by atoms with Gasteiger partial charge in [-0.25, -0.2) is 0 Å². The minimum Gasteiger partial charge on any atom is -0.485 e. The Labute approximate surface area is 140 Å². The van der Waals surface area contributed by atoms with E-state index < -0.39 is 0 Å². The lowest BCUT2D eigenvalue weighted by molar-refractivity contribution is 0.174. The van der Waals surface area contributed by atoms with E-state index in [1.54, 1.807) is 22.7 Å². The van der Waals surface area contributed by atoms with E-state index in [-0.39, 0.29) is 0 Å². The molecule has 0 saturated heterocycles. The molecule has 0 aliphatic carbocycles. The maximum Gasteiger partial charge on any atom is 0.180 e. The molecule has 0 spiro atoms. The van der Waals surface area contributed by atoms with Gasteiger partial charge in [0, 0.05) is 25.7 Å². The molecule has 3 aromatic rings. The van der Waals surface area contributed by atoms with Crippen molar-refractivity contribution >= 4 is 28.4 Å². The summed E-state index contributed by atoms with van der Waals surface area (Å²) in [6.07, 6.45) is 0. The second kappa shape index (κ2) is 5.96. The van der Waals surface area contributed by atoms with Gasteiger partial charge in [-0.1, -0.05) is 29.4 Å². The topological polar surface area (TPSA) is 67.2 Å². The quantitative estimate of drug-likeness (QED) is 0.340. The Hall–Kier alpha value is -2.47. The predicted octanol–water partition coefficient (Wildman–Crippen LogP) is 5.86. The lowest BCUT2D eigenvalue weighted by Gasteiger charge is -2.15. The third kappa shape index (κ3) is 2.66. The molecular formula is C16H11N3O2S2. The van der Waals surface area contributed by atoms with Crippen LogP contribution in [0.5, 0.6) is 11.5 Å². The molecule has 0 atom stereocenters. The van der Waals surface area contributed by atoms with Crippen LogP contribution >= 0.6 is 22.7 Å². The van der Waals surface area contributed by atoms with Crippen molar-refractivity contribution < 1.29 is 9.47 Å². The zero-order valence-corrected chi connectivity index (χ0v) is 13.6. The van der Waals surface area contributed by atoms with Crippen LogP contribution in [0.3, 0.4) is 0 Å². The van der Waals surface area contributed by atoms with E-state index in [2.05, 4.69) is 22.2 Å². The summed E-state index contributed by atoms with van der Waals surface area (Å²) in [7, 11) is 0. The number of azide groups is 1. The molecule has 7 heteroatoms. The number of ether oxygens (including phenoxy) is 2. The highest BCUT2D eigenvalue weighted by atomic mass is 32.1. The van der Waals surface area contributed by atoms with E-state index in [4.69, 9.17) is 15.0 Å². The van der Waals surface area contributed by atoms with Crippen LogP contribution in [-0.2, 0) is 0 Å². The Balaban J connectivity index is 1.66. The highest BCUT2D eigenvalue weighted by Gasteiger charge is 2.20. The zero-order chi connectivity index (χ0) is 15.6. The fourth-order valence-corrected chi connectivity index (χ4v) is 4.46. The number of thiophene rings is 2. The van der Waals surface area contributed by atoms with Crippen molar-refractivity contribution in [1.82, 2.24) is 0 Å². The molecular weight excluding hydrogens is 330 g/mol. The first-order valence-corrected chi connectivity index (χ1v) is 8.67. The number of rotatable bonds is 3. The van der Waals surface area contributed by atoms with Gasteiger partial charge in [-0.2, -0.15) is 0 Å². The molecule has 1 aliphatic rings. The van der Waals surface area contributed by atoms with Gasteiger partial charge in [0.2, 0.25) is 0 Å². The Kier molecular flexibility index (Phi) is 3.67. The summed E-state index contributed by atoms with van der Waals surface area (Å²) in [5.74, 6) is 1.69. The Morgan fingerprint density at radius 3 is 2.61 bits per heavy atom. The van der Waals surface area contributed by atoms with Gasteiger partial charge in [-0.05, 0) is 23.2 Å². The Bertz CT molecular complexity index is 892. The first-order chi connectivity index (χ1) is 11.3. The monoisotopic (exact) mass is 341 g/mol. The van der Waals surface area contributed by atoms with Crippen LogP contribution in [0.25, 0.3) is 30.6 Å². The van der Waals surface area contributed by atoms with Crippen molar-refractivity contribution in [1.29, 1.82) is 0 Å². The summed E-state index contributed by atoms with van der Waals surface area (Å²) < 4.78 is 11.4. The van der Waals surface area contributed by atoms with Crippen LogP contribution in [0, 0.1) is 0 Å². The van der Waals surface area contributed by atoms with Gasteiger partial charge in [0.15, 0.2) is 11.5 Å². The van der Waals surface area contributed by atoms with Crippen LogP contribution in [0.2, 0.25) is 0 Å². The summed E-state index contributed by atoms with van der Waals surface area (Å²) in [6.45, 7) is 1.20. The average molecular weight is 341 g/mol. The number of nitrogens with zero attached hydrogens (tertiary/aromatic N) is 3. The zero-order valence-electron chi connectivity index (χ0n) is 11.9. The summed E-state index contributed by atoms with van der Waals surface area (Å²) >= 11 is 3.35. The van der Waals surface area contributed by atoms with E-state index in [1.165, 1.54) is 0 Å². The summed E-state index contributed by atoms with van der Waals surface area (Å²) in [4.78, 5) is 6.22. The van der Waals surface area contributed by atoms with Crippen molar-refractivity contribution in [2.45, 2.75) is 0 Å². The van der Waals surface area contributed by atoms with Crippen LogP contribution in [0.15, 0.2) is 46.9 Å². The van der Waals surface area contributed by atoms with Gasteiger partial charge >= 0.3 is 0 Å². The minimum absolute atomic E-state index is 0.593. The lowest BCUT2D eigenvalue weighted by atomic mass is 10.2. The van der Waals surface area contributed by atoms with Crippen molar-refractivity contribution in [3.8, 4) is 31.7 Å². The third-order valence-corrected chi connectivity index (χ3v) is 5.70. The highest BCUT2D eigenvalue weighted by Crippen LogP contribution is 2.48. The first kappa shape index (κ1) is 14.1. The number of hydrogen-bond donors (Lipinski definition) is 0. The molecule has 0 N–H and O–H groups in total. The minimum atomic E-state index is 0.593. The maximum atomic E-state index is 8.45. The molecule has 3 heterocycles. The van der Waals surface area contributed by atoms with E-state index in [9.17, 15) is 0 Å². The Morgan fingerprint density at radius 2 is 1.78 bits per heavy atom. The maximum absolute atomic E-state index is 8.45. The normalized spacial score (nSPS) is 12.7. The van der Waals surface area contributed by atoms with Crippen LogP contribution in [0.4, 0.5) is 5.69 Å². The average Bonchev–Trinajstić information content (AvgIpc) is 3.22. The standard InChI is InChI=1S/C16H11N3O2S2/c17-19-18-11-3-1-10(2-4-11)13-5-6-14(23-13)16-15-12(9-22-16)20-7-8-21-15/h1-6,9H,7-8H2. The van der Waals surface area contributed by atoms with Gasteiger partial charge in [0.25, 0.3) is 0 Å². The fourth-order valence-electron chi connectivity index (χ4n) is 2.39. The number of hydrogen-bond acceptors (Lipinski definition) is 5. The third-order valence-electron chi connectivity index (χ3n) is 3.44. The van der Waals surface area contributed by atoms with Gasteiger partial charge in [-0.15, -0.1) is 22.7 Å². The van der Waals surface area contributed by atoms with E-state index in [0.717, 1.165) is 31.7 Å². The molecule has 1 aromatic carbocycles.